The van der Waals surface area contributed by atoms with Gasteiger partial charge in [-0.1, -0.05) is 40.0 Å². The minimum Gasteiger partial charge on any atom is -0.355 e. The van der Waals surface area contributed by atoms with E-state index in [0.717, 1.165) is 37.8 Å². The van der Waals surface area contributed by atoms with E-state index in [-0.39, 0.29) is 0 Å². The average Bonchev–Trinajstić information content (AvgIpc) is 3.01. The first kappa shape index (κ1) is 20.5. The van der Waals surface area contributed by atoms with Gasteiger partial charge in [-0.05, 0) is 26.2 Å². The fourth-order valence-corrected chi connectivity index (χ4v) is 2.60. The Morgan fingerprint density at radius 2 is 2.08 bits per heavy atom. The zero-order valence-corrected chi connectivity index (χ0v) is 16.2. The summed E-state index contributed by atoms with van der Waals surface area (Å²) in [5.74, 6) is 2.61. The van der Waals surface area contributed by atoms with E-state index in [9.17, 15) is 0 Å². The van der Waals surface area contributed by atoms with Crippen LogP contribution in [0.5, 0.6) is 0 Å². The Morgan fingerprint density at radius 3 is 2.71 bits per heavy atom. The van der Waals surface area contributed by atoms with E-state index < -0.39 is 0 Å². The molecule has 6 nitrogen and oxygen atoms in total. The van der Waals surface area contributed by atoms with E-state index in [1.165, 1.54) is 25.7 Å². The number of nitrogens with one attached hydrogen (secondary N) is 2. The lowest BCUT2D eigenvalue weighted by atomic mass is 10.00. The lowest BCUT2D eigenvalue weighted by Crippen LogP contribution is -2.42. The van der Waals surface area contributed by atoms with Gasteiger partial charge in [0.2, 0.25) is 0 Å². The van der Waals surface area contributed by atoms with Gasteiger partial charge in [0.1, 0.15) is 12.2 Å². The molecule has 0 bridgehead atoms. The number of unbranched alkanes of at least 4 members (excludes halogenated alkanes) is 1. The van der Waals surface area contributed by atoms with Crippen molar-refractivity contribution in [2.75, 3.05) is 13.1 Å². The summed E-state index contributed by atoms with van der Waals surface area (Å²) >= 11 is 0. The van der Waals surface area contributed by atoms with Gasteiger partial charge in [-0.15, -0.1) is 10.2 Å². The van der Waals surface area contributed by atoms with Crippen LogP contribution in [0, 0.1) is 5.92 Å². The molecule has 0 aliphatic rings. The minimum absolute atomic E-state index is 0.369. The molecule has 1 unspecified atom stereocenters. The number of hydrogen-bond donors (Lipinski definition) is 2. The van der Waals surface area contributed by atoms with Crippen LogP contribution in [-0.4, -0.2) is 39.9 Å². The minimum atomic E-state index is 0.369. The third-order valence-electron chi connectivity index (χ3n) is 4.13. The number of hydrogen-bond acceptors (Lipinski definition) is 3. The molecular formula is C18H36N6. The Balaban J connectivity index is 2.52. The fourth-order valence-electron chi connectivity index (χ4n) is 2.60. The summed E-state index contributed by atoms with van der Waals surface area (Å²) in [4.78, 5) is 4.80. The fraction of sp³-hybridized carbons (Fsp3) is 0.833. The number of aromatic nitrogens is 3. The standard InChI is InChI=1S/C18H36N6/c1-6-9-10-16(7-2)13-20-18(22-15(4)5)19-11-12-24-14-21-23-17(24)8-3/h14-16H,6-13H2,1-5H3,(H2,19,20,22). The van der Waals surface area contributed by atoms with Crippen molar-refractivity contribution in [1.29, 1.82) is 0 Å². The molecule has 0 aromatic carbocycles. The summed E-state index contributed by atoms with van der Waals surface area (Å²) in [7, 11) is 0. The Hall–Kier alpha value is -1.59. The van der Waals surface area contributed by atoms with E-state index in [1.54, 1.807) is 6.33 Å². The SMILES string of the molecule is CCCCC(CC)CN=C(NCCn1cnnc1CC)NC(C)C. The zero-order chi connectivity index (χ0) is 17.8. The molecular weight excluding hydrogens is 300 g/mol. The van der Waals surface area contributed by atoms with E-state index in [0.29, 0.717) is 12.0 Å². The van der Waals surface area contributed by atoms with Crippen molar-refractivity contribution in [3.05, 3.63) is 12.2 Å². The van der Waals surface area contributed by atoms with Crippen molar-refractivity contribution in [3.63, 3.8) is 0 Å². The predicted octanol–water partition coefficient (Wildman–Crippen LogP) is 3.00. The lowest BCUT2D eigenvalue weighted by molar-refractivity contribution is 0.460. The van der Waals surface area contributed by atoms with Gasteiger partial charge in [0, 0.05) is 32.1 Å². The van der Waals surface area contributed by atoms with Crippen molar-refractivity contribution in [2.24, 2.45) is 10.9 Å². The zero-order valence-electron chi connectivity index (χ0n) is 16.2. The Labute approximate surface area is 147 Å². The molecule has 0 spiro atoms. The predicted molar refractivity (Wildman–Crippen MR) is 101 cm³/mol. The molecule has 0 fully saturated rings. The van der Waals surface area contributed by atoms with Crippen LogP contribution in [0.3, 0.4) is 0 Å². The molecule has 0 saturated heterocycles. The van der Waals surface area contributed by atoms with Crippen molar-refractivity contribution in [2.45, 2.75) is 79.3 Å². The normalized spacial score (nSPS) is 13.3. The quantitative estimate of drug-likeness (QED) is 0.481. The number of rotatable bonds is 11. The van der Waals surface area contributed by atoms with Gasteiger partial charge < -0.3 is 15.2 Å². The van der Waals surface area contributed by atoms with Crippen molar-refractivity contribution in [3.8, 4) is 0 Å². The number of aliphatic imine (C=N–C) groups is 1. The Kier molecular flexibility index (Phi) is 10.1. The van der Waals surface area contributed by atoms with Crippen LogP contribution in [-0.2, 0) is 13.0 Å². The van der Waals surface area contributed by atoms with Crippen LogP contribution in [0.15, 0.2) is 11.3 Å². The van der Waals surface area contributed by atoms with Crippen LogP contribution in [0.25, 0.3) is 0 Å². The second kappa shape index (κ2) is 11.9. The Bertz CT molecular complexity index is 466. The highest BCUT2D eigenvalue weighted by atomic mass is 15.3. The first-order valence-electron chi connectivity index (χ1n) is 9.52. The molecule has 0 saturated carbocycles. The smallest absolute Gasteiger partial charge is 0.191 e. The highest BCUT2D eigenvalue weighted by Gasteiger charge is 2.07. The number of guanidine groups is 1. The molecule has 1 heterocycles. The van der Waals surface area contributed by atoms with E-state index >= 15 is 0 Å². The first-order chi connectivity index (χ1) is 11.6. The van der Waals surface area contributed by atoms with Gasteiger partial charge in [-0.25, -0.2) is 0 Å². The molecule has 2 N–H and O–H groups in total. The molecule has 0 aliphatic heterocycles. The van der Waals surface area contributed by atoms with Crippen molar-refractivity contribution < 1.29 is 0 Å². The molecule has 138 valence electrons. The van der Waals surface area contributed by atoms with Crippen LogP contribution >= 0.6 is 0 Å². The second-order valence-corrected chi connectivity index (χ2v) is 6.63. The van der Waals surface area contributed by atoms with Gasteiger partial charge in [0.15, 0.2) is 5.96 Å². The second-order valence-electron chi connectivity index (χ2n) is 6.63. The Morgan fingerprint density at radius 1 is 1.29 bits per heavy atom. The maximum absolute atomic E-state index is 4.80. The van der Waals surface area contributed by atoms with E-state index in [2.05, 4.69) is 60.0 Å². The molecule has 24 heavy (non-hydrogen) atoms. The summed E-state index contributed by atoms with van der Waals surface area (Å²) in [6.07, 6.45) is 7.72. The van der Waals surface area contributed by atoms with Crippen molar-refractivity contribution >= 4 is 5.96 Å². The molecule has 1 rings (SSSR count). The van der Waals surface area contributed by atoms with Crippen LogP contribution in [0.4, 0.5) is 0 Å². The number of nitrogens with zero attached hydrogens (tertiary/aromatic N) is 4. The van der Waals surface area contributed by atoms with Gasteiger partial charge in [-0.3, -0.25) is 4.99 Å². The van der Waals surface area contributed by atoms with Gasteiger partial charge in [0.25, 0.3) is 0 Å². The van der Waals surface area contributed by atoms with Gasteiger partial charge in [0.05, 0.1) is 0 Å². The highest BCUT2D eigenvalue weighted by Crippen LogP contribution is 2.12. The summed E-state index contributed by atoms with van der Waals surface area (Å²) in [6.45, 7) is 13.4. The average molecular weight is 337 g/mol. The number of aryl methyl sites for hydroxylation is 1. The molecule has 0 radical (unpaired) electrons. The van der Waals surface area contributed by atoms with E-state index in [1.807, 2.05) is 0 Å². The summed E-state index contributed by atoms with van der Waals surface area (Å²) in [6, 6.07) is 0.369. The van der Waals surface area contributed by atoms with Gasteiger partial charge in [-0.2, -0.15) is 0 Å². The maximum Gasteiger partial charge on any atom is 0.191 e. The summed E-state index contributed by atoms with van der Waals surface area (Å²) < 4.78 is 2.09. The van der Waals surface area contributed by atoms with Gasteiger partial charge >= 0.3 is 0 Å². The first-order valence-corrected chi connectivity index (χ1v) is 9.52. The largest absolute Gasteiger partial charge is 0.355 e. The molecule has 0 amide bonds. The monoisotopic (exact) mass is 336 g/mol. The lowest BCUT2D eigenvalue weighted by Gasteiger charge is -2.17. The molecule has 1 atom stereocenters. The summed E-state index contributed by atoms with van der Waals surface area (Å²) in [5, 5.41) is 15.0. The molecule has 6 heteroatoms. The topological polar surface area (TPSA) is 67.1 Å². The third kappa shape index (κ3) is 7.79. The summed E-state index contributed by atoms with van der Waals surface area (Å²) in [5.41, 5.74) is 0. The van der Waals surface area contributed by atoms with Crippen molar-refractivity contribution in [1.82, 2.24) is 25.4 Å². The van der Waals surface area contributed by atoms with Crippen LogP contribution in [0.1, 0.15) is 66.1 Å². The molecule has 1 aromatic rings. The highest BCUT2D eigenvalue weighted by molar-refractivity contribution is 5.80. The van der Waals surface area contributed by atoms with Crippen LogP contribution < -0.4 is 10.6 Å². The van der Waals surface area contributed by atoms with Crippen LogP contribution in [0.2, 0.25) is 0 Å². The maximum atomic E-state index is 4.80. The molecule has 0 aliphatic carbocycles. The molecule has 1 aromatic heterocycles. The van der Waals surface area contributed by atoms with E-state index in [4.69, 9.17) is 4.99 Å². The third-order valence-corrected chi connectivity index (χ3v) is 4.13.